The van der Waals surface area contributed by atoms with Crippen LogP contribution in [0, 0.1) is 18.8 Å². The Bertz CT molecular complexity index is 1120. The highest BCUT2D eigenvalue weighted by atomic mass is 16.5. The van der Waals surface area contributed by atoms with E-state index in [0.717, 1.165) is 0 Å². The number of oxazole rings is 1. The molecule has 3 amide bonds. The number of fused-ring (bicyclic) bond motifs is 1. The second kappa shape index (κ2) is 10.0. The summed E-state index contributed by atoms with van der Waals surface area (Å²) in [6.45, 7) is 7.35. The molecule has 0 radical (unpaired) electrons. The number of nitrogens with one attached hydrogen (secondary N) is 1. The van der Waals surface area contributed by atoms with Crippen molar-refractivity contribution in [2.45, 2.75) is 58.2 Å². The second-order valence-electron chi connectivity index (χ2n) is 10.1. The predicted molar refractivity (Wildman–Crippen MR) is 131 cm³/mol. The first-order chi connectivity index (χ1) is 17.4. The van der Waals surface area contributed by atoms with Crippen LogP contribution in [0.4, 0.5) is 0 Å². The summed E-state index contributed by atoms with van der Waals surface area (Å²) in [5.41, 5.74) is 2.76. The number of carbonyl (C=O) groups excluding carboxylic acids is 3. The molecule has 4 atom stereocenters. The van der Waals surface area contributed by atoms with E-state index in [9.17, 15) is 14.4 Å². The fourth-order valence-corrected chi connectivity index (χ4v) is 5.77. The Morgan fingerprint density at radius 1 is 1.17 bits per heavy atom. The van der Waals surface area contributed by atoms with E-state index < -0.39 is 18.1 Å². The highest BCUT2D eigenvalue weighted by molar-refractivity contribution is 6.00. The van der Waals surface area contributed by atoms with Crippen molar-refractivity contribution in [3.05, 3.63) is 53.2 Å². The van der Waals surface area contributed by atoms with E-state index >= 15 is 0 Å². The molecule has 0 unspecified atom stereocenters. The lowest BCUT2D eigenvalue weighted by molar-refractivity contribution is -0.163. The van der Waals surface area contributed by atoms with Gasteiger partial charge in [-0.3, -0.25) is 14.4 Å². The standard InChI is InChI=1S/C27H34N4O5/c1-4-16(2)23-25(32)29-22(20-13-18-7-5-6-8-19(18)14-20)26(33)31(23)24(21-15-36-17(3)28-21)27(34)30-9-11-35-12-10-30/h5-8,15-16,20,22-24H,4,9-14H2,1-3H3,(H,29,32)/t16-,22+,23+,24-/m0/s1. The molecule has 2 aromatic rings. The zero-order valence-corrected chi connectivity index (χ0v) is 21.1. The highest BCUT2D eigenvalue weighted by Crippen LogP contribution is 2.36. The number of aryl methyl sites for hydroxylation is 1. The molecule has 9 heteroatoms. The van der Waals surface area contributed by atoms with Gasteiger partial charge < -0.3 is 24.3 Å². The minimum absolute atomic E-state index is 0.0718. The van der Waals surface area contributed by atoms with Gasteiger partial charge in [-0.05, 0) is 35.8 Å². The third-order valence-corrected chi connectivity index (χ3v) is 7.88. The summed E-state index contributed by atoms with van der Waals surface area (Å²) in [5.74, 6) is -0.520. The Kier molecular flexibility index (Phi) is 6.83. The molecule has 36 heavy (non-hydrogen) atoms. The summed E-state index contributed by atoms with van der Waals surface area (Å²) in [7, 11) is 0. The van der Waals surface area contributed by atoms with Crippen LogP contribution in [0.3, 0.4) is 0 Å². The van der Waals surface area contributed by atoms with Crippen molar-refractivity contribution < 1.29 is 23.5 Å². The van der Waals surface area contributed by atoms with Gasteiger partial charge in [0.1, 0.15) is 24.0 Å². The van der Waals surface area contributed by atoms with Gasteiger partial charge in [-0.2, -0.15) is 0 Å². The largest absolute Gasteiger partial charge is 0.449 e. The van der Waals surface area contributed by atoms with E-state index in [1.54, 1.807) is 11.8 Å². The van der Waals surface area contributed by atoms with Crippen LogP contribution >= 0.6 is 0 Å². The Balaban J connectivity index is 1.54. The molecule has 0 spiro atoms. The lowest BCUT2D eigenvalue weighted by Gasteiger charge is -2.46. The minimum Gasteiger partial charge on any atom is -0.449 e. The number of carbonyl (C=O) groups is 3. The van der Waals surface area contributed by atoms with Crippen molar-refractivity contribution in [2.24, 2.45) is 11.8 Å². The number of amides is 3. The Hall–Kier alpha value is -3.20. The fraction of sp³-hybridized carbons (Fsp3) is 0.556. The molecule has 1 N–H and O–H groups in total. The predicted octanol–water partition coefficient (Wildman–Crippen LogP) is 2.04. The van der Waals surface area contributed by atoms with Crippen LogP contribution in [0.25, 0.3) is 0 Å². The first-order valence-corrected chi connectivity index (χ1v) is 12.9. The maximum Gasteiger partial charge on any atom is 0.251 e. The molecule has 9 nitrogen and oxygen atoms in total. The SMILES string of the molecule is CC[C@H](C)[C@@H]1C(=O)N[C@H](C2Cc3ccccc3C2)C(=O)N1[C@H](C(=O)N1CCOCC1)c1coc(C)n1. The zero-order valence-electron chi connectivity index (χ0n) is 21.1. The molecule has 3 heterocycles. The van der Waals surface area contributed by atoms with Crippen molar-refractivity contribution in [1.29, 1.82) is 0 Å². The molecule has 2 fully saturated rings. The van der Waals surface area contributed by atoms with Gasteiger partial charge >= 0.3 is 0 Å². The van der Waals surface area contributed by atoms with Gasteiger partial charge in [0.15, 0.2) is 11.9 Å². The normalized spacial score (nSPS) is 24.4. The number of nitrogens with zero attached hydrogens (tertiary/aromatic N) is 3. The molecule has 1 aromatic heterocycles. The molecule has 5 rings (SSSR count). The van der Waals surface area contributed by atoms with E-state index in [-0.39, 0.29) is 29.6 Å². The smallest absolute Gasteiger partial charge is 0.251 e. The van der Waals surface area contributed by atoms with Crippen molar-refractivity contribution in [3.63, 3.8) is 0 Å². The molecule has 3 aliphatic rings. The number of hydrogen-bond acceptors (Lipinski definition) is 6. The summed E-state index contributed by atoms with van der Waals surface area (Å²) in [6, 6.07) is 5.62. The number of benzene rings is 1. The van der Waals surface area contributed by atoms with Crippen LogP contribution in [0.1, 0.15) is 49.0 Å². The maximum absolute atomic E-state index is 14.3. The summed E-state index contributed by atoms with van der Waals surface area (Å²) in [4.78, 5) is 49.6. The number of rotatable bonds is 6. The fourth-order valence-electron chi connectivity index (χ4n) is 5.77. The van der Waals surface area contributed by atoms with Crippen LogP contribution in [-0.4, -0.2) is 70.9 Å². The van der Waals surface area contributed by atoms with Crippen molar-refractivity contribution in [2.75, 3.05) is 26.3 Å². The Labute approximate surface area is 211 Å². The molecule has 0 saturated carbocycles. The van der Waals surface area contributed by atoms with Gasteiger partial charge in [-0.15, -0.1) is 0 Å². The van der Waals surface area contributed by atoms with E-state index in [1.807, 2.05) is 26.0 Å². The molecule has 2 aliphatic heterocycles. The first kappa shape index (κ1) is 24.5. The second-order valence-corrected chi connectivity index (χ2v) is 10.1. The van der Waals surface area contributed by atoms with Crippen LogP contribution in [0.5, 0.6) is 0 Å². The average Bonchev–Trinajstić information content (AvgIpc) is 3.52. The summed E-state index contributed by atoms with van der Waals surface area (Å²) in [5, 5.41) is 3.05. The van der Waals surface area contributed by atoms with E-state index in [4.69, 9.17) is 9.15 Å². The van der Waals surface area contributed by atoms with Crippen LogP contribution < -0.4 is 5.32 Å². The van der Waals surface area contributed by atoms with E-state index in [0.29, 0.717) is 57.2 Å². The van der Waals surface area contributed by atoms with Crippen LogP contribution in [0.2, 0.25) is 0 Å². The molecular weight excluding hydrogens is 460 g/mol. The number of piperazine rings is 1. The van der Waals surface area contributed by atoms with Gasteiger partial charge in [0.2, 0.25) is 11.8 Å². The Morgan fingerprint density at radius 2 is 1.83 bits per heavy atom. The Morgan fingerprint density at radius 3 is 2.42 bits per heavy atom. The number of aromatic nitrogens is 1. The topological polar surface area (TPSA) is 105 Å². The quantitative estimate of drug-likeness (QED) is 0.659. The first-order valence-electron chi connectivity index (χ1n) is 12.9. The van der Waals surface area contributed by atoms with Crippen LogP contribution in [-0.2, 0) is 32.0 Å². The van der Waals surface area contributed by atoms with E-state index in [2.05, 4.69) is 22.4 Å². The third-order valence-electron chi connectivity index (χ3n) is 7.88. The van der Waals surface area contributed by atoms with Gasteiger partial charge in [0, 0.05) is 20.0 Å². The van der Waals surface area contributed by atoms with Crippen LogP contribution in [0.15, 0.2) is 34.9 Å². The molecule has 1 aliphatic carbocycles. The minimum atomic E-state index is -1.04. The molecule has 0 bridgehead atoms. The molecule has 192 valence electrons. The average molecular weight is 495 g/mol. The number of hydrogen-bond donors (Lipinski definition) is 1. The van der Waals surface area contributed by atoms with Gasteiger partial charge in [0.25, 0.3) is 5.91 Å². The van der Waals surface area contributed by atoms with Crippen molar-refractivity contribution in [3.8, 4) is 0 Å². The third kappa shape index (κ3) is 4.40. The monoisotopic (exact) mass is 494 g/mol. The maximum atomic E-state index is 14.3. The van der Waals surface area contributed by atoms with E-state index in [1.165, 1.54) is 22.3 Å². The lowest BCUT2D eigenvalue weighted by Crippen LogP contribution is -2.68. The van der Waals surface area contributed by atoms with Crippen molar-refractivity contribution in [1.82, 2.24) is 20.1 Å². The summed E-state index contributed by atoms with van der Waals surface area (Å²) >= 11 is 0. The number of ether oxygens (including phenoxy) is 1. The summed E-state index contributed by atoms with van der Waals surface area (Å²) in [6.07, 6.45) is 3.53. The molecule has 2 saturated heterocycles. The lowest BCUT2D eigenvalue weighted by atomic mass is 9.86. The molecular formula is C27H34N4O5. The van der Waals surface area contributed by atoms with Gasteiger partial charge in [-0.1, -0.05) is 44.5 Å². The molecule has 1 aromatic carbocycles. The zero-order chi connectivity index (χ0) is 25.4. The number of morpholine rings is 1. The van der Waals surface area contributed by atoms with Gasteiger partial charge in [0.05, 0.1) is 13.2 Å². The van der Waals surface area contributed by atoms with Crippen molar-refractivity contribution >= 4 is 17.7 Å². The highest BCUT2D eigenvalue weighted by Gasteiger charge is 2.52. The summed E-state index contributed by atoms with van der Waals surface area (Å²) < 4.78 is 10.9. The van der Waals surface area contributed by atoms with Gasteiger partial charge in [-0.25, -0.2) is 4.98 Å².